The van der Waals surface area contributed by atoms with Gasteiger partial charge < -0.3 is 5.11 Å². The van der Waals surface area contributed by atoms with Gasteiger partial charge in [-0.05, 0) is 60.3 Å². The van der Waals surface area contributed by atoms with Crippen LogP contribution in [-0.2, 0) is 0 Å². The topological polar surface area (TPSA) is 20.2 Å². The summed E-state index contributed by atoms with van der Waals surface area (Å²) in [7, 11) is 0. The predicted octanol–water partition coefficient (Wildman–Crippen LogP) is 4.23. The molecule has 0 aromatic carbocycles. The van der Waals surface area contributed by atoms with Crippen LogP contribution in [0.3, 0.4) is 0 Å². The third-order valence-corrected chi connectivity index (χ3v) is 2.66. The molecule has 0 radical (unpaired) electrons. The molecule has 0 atom stereocenters. The standard InChI is InChI=1S/C14H26O/c1-6-12(2)8-7-9-13(3)10-11-14(4,5)15/h6,9,15H,7-8,10-11H2,1-5H3/b12-6+,13-9+. The van der Waals surface area contributed by atoms with Gasteiger partial charge in [0.2, 0.25) is 0 Å². The van der Waals surface area contributed by atoms with E-state index in [1.54, 1.807) is 0 Å². The van der Waals surface area contributed by atoms with Crippen molar-refractivity contribution in [2.75, 3.05) is 0 Å². The average molecular weight is 210 g/mol. The van der Waals surface area contributed by atoms with Gasteiger partial charge >= 0.3 is 0 Å². The lowest BCUT2D eigenvalue weighted by molar-refractivity contribution is 0.0713. The third-order valence-electron chi connectivity index (χ3n) is 2.66. The second kappa shape index (κ2) is 6.84. The lowest BCUT2D eigenvalue weighted by atomic mass is 9.98. The summed E-state index contributed by atoms with van der Waals surface area (Å²) in [5.41, 5.74) is 2.30. The summed E-state index contributed by atoms with van der Waals surface area (Å²) in [6, 6.07) is 0. The van der Waals surface area contributed by atoms with E-state index in [-0.39, 0.29) is 0 Å². The highest BCUT2D eigenvalue weighted by molar-refractivity contribution is 5.03. The Morgan fingerprint density at radius 3 is 2.20 bits per heavy atom. The Bertz CT molecular complexity index is 228. The molecule has 0 aliphatic heterocycles. The minimum absolute atomic E-state index is 0.533. The summed E-state index contributed by atoms with van der Waals surface area (Å²) in [5, 5.41) is 9.58. The van der Waals surface area contributed by atoms with E-state index in [9.17, 15) is 5.11 Å². The maximum atomic E-state index is 9.58. The van der Waals surface area contributed by atoms with Crippen LogP contribution in [0.15, 0.2) is 23.3 Å². The fourth-order valence-corrected chi connectivity index (χ4v) is 1.30. The van der Waals surface area contributed by atoms with Crippen molar-refractivity contribution >= 4 is 0 Å². The van der Waals surface area contributed by atoms with Gasteiger partial charge in [0.1, 0.15) is 0 Å². The zero-order valence-electron chi connectivity index (χ0n) is 10.9. The molecule has 0 aromatic heterocycles. The van der Waals surface area contributed by atoms with Crippen molar-refractivity contribution in [1.82, 2.24) is 0 Å². The summed E-state index contributed by atoms with van der Waals surface area (Å²) in [6.45, 7) is 10.1. The first-order valence-corrected chi connectivity index (χ1v) is 5.85. The number of aliphatic hydroxyl groups is 1. The van der Waals surface area contributed by atoms with Crippen molar-refractivity contribution in [3.8, 4) is 0 Å². The molecule has 1 nitrogen and oxygen atoms in total. The summed E-state index contributed by atoms with van der Waals surface area (Å²) in [5.74, 6) is 0. The van der Waals surface area contributed by atoms with Crippen molar-refractivity contribution in [2.45, 2.75) is 65.9 Å². The van der Waals surface area contributed by atoms with E-state index in [0.29, 0.717) is 0 Å². The van der Waals surface area contributed by atoms with Crippen LogP contribution in [0.4, 0.5) is 0 Å². The molecule has 0 rings (SSSR count). The molecule has 0 amide bonds. The Kier molecular flexibility index (Phi) is 6.58. The molecule has 1 N–H and O–H groups in total. The number of hydrogen-bond acceptors (Lipinski definition) is 1. The maximum Gasteiger partial charge on any atom is 0.0594 e. The molecule has 0 aromatic rings. The molecule has 0 saturated carbocycles. The van der Waals surface area contributed by atoms with Crippen LogP contribution in [0.5, 0.6) is 0 Å². The molecule has 1 heteroatoms. The lowest BCUT2D eigenvalue weighted by Crippen LogP contribution is -2.17. The molecule has 0 fully saturated rings. The lowest BCUT2D eigenvalue weighted by Gasteiger charge is -2.16. The molecule has 88 valence electrons. The number of hydrogen-bond donors (Lipinski definition) is 1. The van der Waals surface area contributed by atoms with E-state index in [4.69, 9.17) is 0 Å². The average Bonchev–Trinajstić information content (AvgIpc) is 2.13. The molecular weight excluding hydrogens is 184 g/mol. The van der Waals surface area contributed by atoms with Gasteiger partial charge in [0.25, 0.3) is 0 Å². The summed E-state index contributed by atoms with van der Waals surface area (Å²) < 4.78 is 0. The van der Waals surface area contributed by atoms with Crippen LogP contribution in [0.25, 0.3) is 0 Å². The van der Waals surface area contributed by atoms with Gasteiger partial charge in [0.15, 0.2) is 0 Å². The van der Waals surface area contributed by atoms with Gasteiger partial charge in [-0.25, -0.2) is 0 Å². The quantitative estimate of drug-likeness (QED) is 0.650. The normalized spacial score (nSPS) is 14.5. The van der Waals surface area contributed by atoms with E-state index < -0.39 is 5.60 Å². The Balaban J connectivity index is 3.80. The van der Waals surface area contributed by atoms with Gasteiger partial charge in [-0.15, -0.1) is 0 Å². The van der Waals surface area contributed by atoms with Crippen LogP contribution in [0.1, 0.15) is 60.3 Å². The number of allylic oxidation sites excluding steroid dienone is 4. The summed E-state index contributed by atoms with van der Waals surface area (Å²) >= 11 is 0. The first-order valence-electron chi connectivity index (χ1n) is 5.85. The zero-order chi connectivity index (χ0) is 11.9. The van der Waals surface area contributed by atoms with Gasteiger partial charge in [-0.1, -0.05) is 23.3 Å². The molecule has 0 bridgehead atoms. The largest absolute Gasteiger partial charge is 0.390 e. The molecular formula is C14H26O. The molecule has 0 aliphatic rings. The van der Waals surface area contributed by atoms with E-state index >= 15 is 0 Å². The molecule has 0 spiro atoms. The Labute approximate surface area is 94.9 Å². The molecule has 0 aliphatic carbocycles. The van der Waals surface area contributed by atoms with Gasteiger partial charge in [-0.3, -0.25) is 0 Å². The smallest absolute Gasteiger partial charge is 0.0594 e. The third kappa shape index (κ3) is 9.74. The Morgan fingerprint density at radius 1 is 1.13 bits per heavy atom. The van der Waals surface area contributed by atoms with Gasteiger partial charge in [0, 0.05) is 0 Å². The molecule has 0 unspecified atom stereocenters. The van der Waals surface area contributed by atoms with Gasteiger partial charge in [-0.2, -0.15) is 0 Å². The second-order valence-electron chi connectivity index (χ2n) is 5.04. The van der Waals surface area contributed by atoms with Crippen LogP contribution in [0.2, 0.25) is 0 Å². The zero-order valence-corrected chi connectivity index (χ0v) is 10.9. The van der Waals surface area contributed by atoms with E-state index in [2.05, 4.69) is 32.9 Å². The molecule has 15 heavy (non-hydrogen) atoms. The second-order valence-corrected chi connectivity index (χ2v) is 5.04. The van der Waals surface area contributed by atoms with Crippen LogP contribution in [-0.4, -0.2) is 10.7 Å². The van der Waals surface area contributed by atoms with Crippen molar-refractivity contribution in [1.29, 1.82) is 0 Å². The van der Waals surface area contributed by atoms with Crippen molar-refractivity contribution in [3.63, 3.8) is 0 Å². The highest BCUT2D eigenvalue weighted by atomic mass is 16.3. The first-order chi connectivity index (χ1) is 6.85. The minimum Gasteiger partial charge on any atom is -0.390 e. The molecule has 0 heterocycles. The highest BCUT2D eigenvalue weighted by Gasteiger charge is 2.11. The van der Waals surface area contributed by atoms with Crippen LogP contribution < -0.4 is 0 Å². The van der Waals surface area contributed by atoms with E-state index in [1.165, 1.54) is 11.1 Å². The van der Waals surface area contributed by atoms with Crippen molar-refractivity contribution in [3.05, 3.63) is 23.3 Å². The predicted molar refractivity (Wildman–Crippen MR) is 68.0 cm³/mol. The summed E-state index contributed by atoms with van der Waals surface area (Å²) in [6.07, 6.45) is 8.57. The highest BCUT2D eigenvalue weighted by Crippen LogP contribution is 2.16. The van der Waals surface area contributed by atoms with Crippen LogP contribution in [0, 0.1) is 0 Å². The van der Waals surface area contributed by atoms with Crippen molar-refractivity contribution in [2.24, 2.45) is 0 Å². The maximum absolute atomic E-state index is 9.58. The van der Waals surface area contributed by atoms with E-state index in [0.717, 1.165) is 25.7 Å². The van der Waals surface area contributed by atoms with Crippen LogP contribution >= 0.6 is 0 Å². The van der Waals surface area contributed by atoms with E-state index in [1.807, 2.05) is 13.8 Å². The Morgan fingerprint density at radius 2 is 1.73 bits per heavy atom. The van der Waals surface area contributed by atoms with Crippen molar-refractivity contribution < 1.29 is 5.11 Å². The fraction of sp³-hybridized carbons (Fsp3) is 0.714. The molecule has 0 saturated heterocycles. The minimum atomic E-state index is -0.533. The number of rotatable bonds is 6. The first kappa shape index (κ1) is 14.4. The Hall–Kier alpha value is -0.560. The fourth-order valence-electron chi connectivity index (χ4n) is 1.30. The van der Waals surface area contributed by atoms with Gasteiger partial charge in [0.05, 0.1) is 5.60 Å². The summed E-state index contributed by atoms with van der Waals surface area (Å²) in [4.78, 5) is 0. The SMILES string of the molecule is C/C=C(\C)CC/C=C(\C)CCC(C)(C)O. The monoisotopic (exact) mass is 210 g/mol.